The molecule has 5 nitrogen and oxygen atoms in total. The predicted octanol–water partition coefficient (Wildman–Crippen LogP) is 2.64. The summed E-state index contributed by atoms with van der Waals surface area (Å²) in [4.78, 5) is 9.86. The molecule has 2 rings (SSSR count). The molecule has 8 heteroatoms. The van der Waals surface area contributed by atoms with Crippen LogP contribution in [0, 0.1) is 10.1 Å². The van der Waals surface area contributed by atoms with Gasteiger partial charge in [0.05, 0.1) is 23.0 Å². The van der Waals surface area contributed by atoms with Crippen molar-refractivity contribution in [1.29, 1.82) is 0 Å². The number of benzene rings is 1. The van der Waals surface area contributed by atoms with Gasteiger partial charge in [0.15, 0.2) is 0 Å². The quantitative estimate of drug-likeness (QED) is 0.595. The number of hydrogen-bond donors (Lipinski definition) is 0. The average Bonchev–Trinajstić information content (AvgIpc) is 2.49. The maximum Gasteiger partial charge on any atom is 0.458 e. The number of fused-ring (bicyclic) bond motifs is 1. The van der Waals surface area contributed by atoms with Crippen LogP contribution in [0.15, 0.2) is 17.0 Å². The largest absolute Gasteiger partial charge is 0.496 e. The fraction of sp³-hybridized carbons (Fsp3) is 0.250. The first-order valence-corrected chi connectivity index (χ1v) is 4.87. The first-order chi connectivity index (χ1) is 7.43. The van der Waals surface area contributed by atoms with Crippen LogP contribution in [0.5, 0.6) is 11.5 Å². The summed E-state index contributed by atoms with van der Waals surface area (Å²) >= 11 is 0.114. The maximum atomic E-state index is 12.9. The van der Waals surface area contributed by atoms with Gasteiger partial charge in [-0.1, -0.05) is 0 Å². The van der Waals surface area contributed by atoms with Gasteiger partial charge in [-0.3, -0.25) is 10.1 Å². The van der Waals surface area contributed by atoms with Gasteiger partial charge >= 0.3 is 11.1 Å². The second kappa shape index (κ2) is 3.48. The summed E-state index contributed by atoms with van der Waals surface area (Å²) in [7, 11) is 1.30. The standard InChI is InChI=1S/C8H5F2NO4S/c1-14-4-2-5(11(12)13)7-6(3-4)16-8(9,10)15-7/h2-3H,1H3. The SMILES string of the molecule is COc1cc2c(c([N+](=O)[O-])c1)OC(F)(F)S2. The predicted molar refractivity (Wildman–Crippen MR) is 51.1 cm³/mol. The molecule has 0 radical (unpaired) electrons. The minimum Gasteiger partial charge on any atom is -0.496 e. The number of nitro benzene ring substituents is 1. The molecule has 0 atom stereocenters. The van der Waals surface area contributed by atoms with E-state index in [1.165, 1.54) is 13.2 Å². The van der Waals surface area contributed by atoms with E-state index in [1.54, 1.807) is 0 Å². The van der Waals surface area contributed by atoms with Crippen LogP contribution in [0.4, 0.5) is 14.5 Å². The number of rotatable bonds is 2. The lowest BCUT2D eigenvalue weighted by Crippen LogP contribution is -2.14. The molecule has 86 valence electrons. The van der Waals surface area contributed by atoms with Gasteiger partial charge in [-0.25, -0.2) is 0 Å². The van der Waals surface area contributed by atoms with Crippen LogP contribution in [-0.2, 0) is 0 Å². The van der Waals surface area contributed by atoms with Gasteiger partial charge in [-0.15, -0.1) is 0 Å². The molecular formula is C8H5F2NO4S. The van der Waals surface area contributed by atoms with Gasteiger partial charge in [0.2, 0.25) is 5.75 Å². The lowest BCUT2D eigenvalue weighted by molar-refractivity contribution is -0.386. The molecule has 1 heterocycles. The summed E-state index contributed by atoms with van der Waals surface area (Å²) in [5.74, 6) is -0.278. The number of ether oxygens (including phenoxy) is 2. The molecule has 1 aromatic carbocycles. The van der Waals surface area contributed by atoms with E-state index in [9.17, 15) is 18.9 Å². The van der Waals surface area contributed by atoms with E-state index in [1.807, 2.05) is 0 Å². The molecule has 0 saturated carbocycles. The molecule has 0 spiro atoms. The lowest BCUT2D eigenvalue weighted by atomic mass is 10.3. The molecule has 0 unspecified atom stereocenters. The van der Waals surface area contributed by atoms with Gasteiger partial charge in [0.1, 0.15) is 5.75 Å². The first kappa shape index (κ1) is 10.9. The molecule has 0 fully saturated rings. The van der Waals surface area contributed by atoms with Crippen LogP contribution >= 0.6 is 11.8 Å². The third kappa shape index (κ3) is 1.75. The number of alkyl halides is 2. The Labute approximate surface area is 92.5 Å². The number of hydrogen-bond acceptors (Lipinski definition) is 5. The Bertz CT molecular complexity index is 466. The van der Waals surface area contributed by atoms with Gasteiger partial charge < -0.3 is 9.47 Å². The molecule has 1 aliphatic rings. The molecular weight excluding hydrogens is 244 g/mol. The summed E-state index contributed by atoms with van der Waals surface area (Å²) in [6.45, 7) is 0. The third-order valence-corrected chi connectivity index (χ3v) is 2.73. The Morgan fingerprint density at radius 2 is 2.25 bits per heavy atom. The molecule has 0 N–H and O–H groups in total. The highest BCUT2D eigenvalue weighted by Crippen LogP contribution is 2.54. The highest BCUT2D eigenvalue weighted by Gasteiger charge is 2.45. The summed E-state index contributed by atoms with van der Waals surface area (Å²) in [6.07, 6.45) is 0. The molecule has 1 aromatic rings. The normalized spacial score (nSPS) is 16.4. The van der Waals surface area contributed by atoms with E-state index in [4.69, 9.17) is 4.74 Å². The minimum absolute atomic E-state index is 0.00366. The van der Waals surface area contributed by atoms with Crippen molar-refractivity contribution in [2.45, 2.75) is 10.3 Å². The summed E-state index contributed by atoms with van der Waals surface area (Å²) < 4.78 is 34.8. The zero-order chi connectivity index (χ0) is 11.9. The molecule has 0 amide bonds. The van der Waals surface area contributed by atoms with Crippen molar-refractivity contribution in [2.75, 3.05) is 7.11 Å². The second-order valence-corrected chi connectivity index (χ2v) is 4.02. The van der Waals surface area contributed by atoms with Crippen molar-refractivity contribution in [3.05, 3.63) is 22.2 Å². The molecule has 0 saturated heterocycles. The topological polar surface area (TPSA) is 61.6 Å². The number of methoxy groups -OCH3 is 1. The van der Waals surface area contributed by atoms with Crippen molar-refractivity contribution in [1.82, 2.24) is 0 Å². The fourth-order valence-electron chi connectivity index (χ4n) is 1.26. The van der Waals surface area contributed by atoms with E-state index in [0.29, 0.717) is 0 Å². The van der Waals surface area contributed by atoms with Crippen LogP contribution in [0.2, 0.25) is 0 Å². The van der Waals surface area contributed by atoms with Gasteiger partial charge in [-0.05, 0) is 17.8 Å². The van der Waals surface area contributed by atoms with Crippen molar-refractivity contribution in [2.24, 2.45) is 0 Å². The van der Waals surface area contributed by atoms with Crippen LogP contribution in [0.25, 0.3) is 0 Å². The minimum atomic E-state index is -3.47. The van der Waals surface area contributed by atoms with E-state index >= 15 is 0 Å². The molecule has 0 aliphatic carbocycles. The average molecular weight is 249 g/mol. The number of nitro groups is 1. The Balaban J connectivity index is 2.56. The zero-order valence-electron chi connectivity index (χ0n) is 7.90. The Hall–Kier alpha value is -1.57. The Morgan fingerprint density at radius 1 is 1.56 bits per heavy atom. The van der Waals surface area contributed by atoms with Crippen molar-refractivity contribution in [3.63, 3.8) is 0 Å². The van der Waals surface area contributed by atoms with E-state index in [2.05, 4.69) is 4.74 Å². The van der Waals surface area contributed by atoms with Crippen LogP contribution in [0.3, 0.4) is 0 Å². The summed E-state index contributed by atoms with van der Waals surface area (Å²) in [6, 6.07) is 2.31. The third-order valence-electron chi connectivity index (χ3n) is 1.89. The Morgan fingerprint density at radius 3 is 2.81 bits per heavy atom. The molecule has 1 aliphatic heterocycles. The van der Waals surface area contributed by atoms with E-state index in [-0.39, 0.29) is 22.4 Å². The summed E-state index contributed by atoms with van der Waals surface area (Å²) in [5.41, 5.74) is -4.00. The molecule has 0 aromatic heterocycles. The van der Waals surface area contributed by atoms with Crippen molar-refractivity contribution in [3.8, 4) is 11.5 Å². The highest BCUT2D eigenvalue weighted by molar-refractivity contribution is 8.00. The van der Waals surface area contributed by atoms with Gasteiger partial charge in [-0.2, -0.15) is 8.78 Å². The van der Waals surface area contributed by atoms with Gasteiger partial charge in [0.25, 0.3) is 0 Å². The van der Waals surface area contributed by atoms with Crippen LogP contribution < -0.4 is 9.47 Å². The first-order valence-electron chi connectivity index (χ1n) is 4.05. The number of thioether (sulfide) groups is 1. The molecule has 16 heavy (non-hydrogen) atoms. The number of halogens is 2. The van der Waals surface area contributed by atoms with Crippen LogP contribution in [-0.4, -0.2) is 17.5 Å². The molecule has 0 bridgehead atoms. The van der Waals surface area contributed by atoms with E-state index in [0.717, 1.165) is 6.07 Å². The summed E-state index contributed by atoms with van der Waals surface area (Å²) in [5, 5.41) is 10.7. The fourth-order valence-corrected chi connectivity index (χ4v) is 2.06. The Kier molecular flexibility index (Phi) is 2.38. The van der Waals surface area contributed by atoms with Gasteiger partial charge in [0, 0.05) is 0 Å². The lowest BCUT2D eigenvalue weighted by Gasteiger charge is -2.05. The van der Waals surface area contributed by atoms with E-state index < -0.39 is 21.8 Å². The van der Waals surface area contributed by atoms with Crippen LogP contribution in [0.1, 0.15) is 0 Å². The highest BCUT2D eigenvalue weighted by atomic mass is 32.2. The van der Waals surface area contributed by atoms with Crippen molar-refractivity contribution < 1.29 is 23.2 Å². The monoisotopic (exact) mass is 249 g/mol. The second-order valence-electron chi connectivity index (χ2n) is 2.90. The zero-order valence-corrected chi connectivity index (χ0v) is 8.72. The smallest absolute Gasteiger partial charge is 0.458 e. The number of nitrogens with zero attached hydrogens (tertiary/aromatic N) is 1. The van der Waals surface area contributed by atoms with Crippen molar-refractivity contribution >= 4 is 17.4 Å². The maximum absolute atomic E-state index is 12.9.